The molecule has 0 amide bonds. The van der Waals surface area contributed by atoms with E-state index in [-0.39, 0.29) is 0 Å². The molecule has 5 nitrogen and oxygen atoms in total. The molecule has 29 heavy (non-hydrogen) atoms. The van der Waals surface area contributed by atoms with Crippen molar-refractivity contribution < 1.29 is 17.9 Å². The number of methoxy groups -OCH3 is 1. The number of thiazole rings is 1. The number of alkyl halides is 3. The van der Waals surface area contributed by atoms with Gasteiger partial charge in [-0.3, -0.25) is 4.68 Å². The van der Waals surface area contributed by atoms with E-state index in [1.807, 2.05) is 25.1 Å². The summed E-state index contributed by atoms with van der Waals surface area (Å²) in [5.74, 6) is 0.674. The van der Waals surface area contributed by atoms with Gasteiger partial charge in [0.25, 0.3) is 0 Å². The number of fused-ring (bicyclic) bond motifs is 1. The highest BCUT2D eigenvalue weighted by atomic mass is 32.1. The van der Waals surface area contributed by atoms with Crippen molar-refractivity contribution in [2.45, 2.75) is 19.6 Å². The van der Waals surface area contributed by atoms with Gasteiger partial charge in [0.15, 0.2) is 0 Å². The Morgan fingerprint density at radius 2 is 2.03 bits per heavy atom. The normalized spacial score (nSPS) is 11.8. The maximum absolute atomic E-state index is 12.7. The highest BCUT2D eigenvalue weighted by Gasteiger charge is 2.28. The van der Waals surface area contributed by atoms with Crippen molar-refractivity contribution in [3.8, 4) is 16.2 Å². The van der Waals surface area contributed by atoms with Crippen molar-refractivity contribution in [2.75, 3.05) is 12.4 Å². The monoisotopic (exact) mass is 418 g/mol. The third-order valence-corrected chi connectivity index (χ3v) is 5.24. The Hall–Kier alpha value is -3.07. The smallest absolute Gasteiger partial charge is 0.408 e. The second kappa shape index (κ2) is 7.40. The number of aromatic nitrogens is 3. The molecule has 2 heterocycles. The quantitative estimate of drug-likeness (QED) is 0.446. The predicted molar refractivity (Wildman–Crippen MR) is 108 cm³/mol. The molecule has 1 N–H and O–H groups in total. The lowest BCUT2D eigenvalue weighted by molar-refractivity contribution is -0.142. The van der Waals surface area contributed by atoms with E-state index in [2.05, 4.69) is 15.4 Å². The van der Waals surface area contributed by atoms with Crippen LogP contribution in [0.2, 0.25) is 0 Å². The Bertz CT molecular complexity index is 1170. The lowest BCUT2D eigenvalue weighted by atomic mass is 10.1. The van der Waals surface area contributed by atoms with E-state index in [9.17, 15) is 13.2 Å². The van der Waals surface area contributed by atoms with Crippen LogP contribution < -0.4 is 10.1 Å². The number of nitrogens with one attached hydrogen (secondary N) is 1. The zero-order chi connectivity index (χ0) is 20.6. The molecule has 0 radical (unpaired) electrons. The van der Waals surface area contributed by atoms with Gasteiger partial charge >= 0.3 is 6.18 Å². The van der Waals surface area contributed by atoms with Crippen LogP contribution in [0.15, 0.2) is 48.8 Å². The largest absolute Gasteiger partial charge is 0.496 e. The summed E-state index contributed by atoms with van der Waals surface area (Å²) in [5, 5.41) is 8.92. The molecule has 2 aromatic carbocycles. The number of rotatable bonds is 5. The number of hydrogen-bond donors (Lipinski definition) is 1. The minimum absolute atomic E-state index is 0.470. The summed E-state index contributed by atoms with van der Waals surface area (Å²) in [7, 11) is 1.59. The minimum atomic E-state index is -4.33. The Morgan fingerprint density at radius 3 is 2.72 bits per heavy atom. The topological polar surface area (TPSA) is 52.0 Å². The summed E-state index contributed by atoms with van der Waals surface area (Å²) in [4.78, 5) is 5.28. The molecule has 0 atom stereocenters. The molecule has 9 heteroatoms. The summed E-state index contributed by atoms with van der Waals surface area (Å²) >= 11 is 1.57. The van der Waals surface area contributed by atoms with Crippen LogP contribution in [0.3, 0.4) is 0 Å². The third-order valence-electron chi connectivity index (χ3n) is 4.29. The van der Waals surface area contributed by atoms with E-state index in [4.69, 9.17) is 4.74 Å². The first-order valence-electron chi connectivity index (χ1n) is 8.73. The van der Waals surface area contributed by atoms with Crippen molar-refractivity contribution in [3.05, 3.63) is 53.8 Å². The van der Waals surface area contributed by atoms with Crippen LogP contribution in [0.25, 0.3) is 21.3 Å². The molecular formula is C20H17F3N4OS. The SMILES string of the molecule is COc1cc(Nc2cccc3cn(CC(F)(F)F)nc23)ccc1-c1cnc(C)s1. The van der Waals surface area contributed by atoms with Crippen LogP contribution in [0.4, 0.5) is 24.5 Å². The summed E-state index contributed by atoms with van der Waals surface area (Å²) in [6, 6.07) is 10.9. The summed E-state index contributed by atoms with van der Waals surface area (Å²) < 4.78 is 44.5. The first-order valence-corrected chi connectivity index (χ1v) is 9.55. The molecule has 2 aromatic heterocycles. The molecule has 0 spiro atoms. The van der Waals surface area contributed by atoms with Gasteiger partial charge in [-0.05, 0) is 25.1 Å². The molecular weight excluding hydrogens is 401 g/mol. The van der Waals surface area contributed by atoms with E-state index in [1.165, 1.54) is 6.20 Å². The zero-order valence-electron chi connectivity index (χ0n) is 15.6. The van der Waals surface area contributed by atoms with Gasteiger partial charge in [0.1, 0.15) is 17.8 Å². The molecule has 0 unspecified atom stereocenters. The second-order valence-electron chi connectivity index (χ2n) is 6.47. The average molecular weight is 418 g/mol. The molecule has 0 bridgehead atoms. The first-order chi connectivity index (χ1) is 13.8. The fourth-order valence-electron chi connectivity index (χ4n) is 3.07. The van der Waals surface area contributed by atoms with Gasteiger partial charge in [-0.1, -0.05) is 12.1 Å². The standard InChI is InChI=1S/C20H17F3N4OS/c1-12-24-9-18(29-12)15-7-6-14(8-17(15)28-2)25-16-5-3-4-13-10-27(26-19(13)16)11-20(21,22)23/h3-10,25H,11H2,1-2H3. The Balaban J connectivity index is 1.66. The van der Waals surface area contributed by atoms with Crippen molar-refractivity contribution in [3.63, 3.8) is 0 Å². The van der Waals surface area contributed by atoms with Gasteiger partial charge in [0.05, 0.1) is 22.7 Å². The van der Waals surface area contributed by atoms with E-state index < -0.39 is 12.7 Å². The number of benzene rings is 2. The first kappa shape index (κ1) is 19.3. The van der Waals surface area contributed by atoms with Gasteiger partial charge < -0.3 is 10.1 Å². The Labute approximate surface area is 168 Å². The second-order valence-corrected chi connectivity index (χ2v) is 7.70. The van der Waals surface area contributed by atoms with Crippen molar-refractivity contribution in [1.82, 2.24) is 14.8 Å². The molecule has 4 aromatic rings. The van der Waals surface area contributed by atoms with Crippen molar-refractivity contribution in [1.29, 1.82) is 0 Å². The van der Waals surface area contributed by atoms with Gasteiger partial charge in [0.2, 0.25) is 0 Å². The molecule has 0 aliphatic carbocycles. The lowest BCUT2D eigenvalue weighted by Gasteiger charge is -2.12. The maximum atomic E-state index is 12.7. The third kappa shape index (κ3) is 4.19. The average Bonchev–Trinajstić information content (AvgIpc) is 3.26. The van der Waals surface area contributed by atoms with Crippen molar-refractivity contribution >= 4 is 33.6 Å². The number of aryl methyl sites for hydroxylation is 1. The van der Waals surface area contributed by atoms with E-state index >= 15 is 0 Å². The minimum Gasteiger partial charge on any atom is -0.496 e. The van der Waals surface area contributed by atoms with Crippen LogP contribution >= 0.6 is 11.3 Å². The Morgan fingerprint density at radius 1 is 1.21 bits per heavy atom. The number of hydrogen-bond acceptors (Lipinski definition) is 5. The fraction of sp³-hybridized carbons (Fsp3) is 0.200. The highest BCUT2D eigenvalue weighted by Crippen LogP contribution is 2.36. The molecule has 4 rings (SSSR count). The van der Waals surface area contributed by atoms with Gasteiger partial charge in [-0.15, -0.1) is 11.3 Å². The number of nitrogens with zero attached hydrogens (tertiary/aromatic N) is 3. The summed E-state index contributed by atoms with van der Waals surface area (Å²) in [6.07, 6.45) is -1.13. The zero-order valence-corrected chi connectivity index (χ0v) is 16.4. The van der Waals surface area contributed by atoms with Crippen molar-refractivity contribution in [2.24, 2.45) is 0 Å². The number of ether oxygens (including phenoxy) is 1. The molecule has 0 aliphatic rings. The van der Waals surface area contributed by atoms with E-state index in [1.54, 1.807) is 42.8 Å². The lowest BCUT2D eigenvalue weighted by Crippen LogP contribution is -2.17. The van der Waals surface area contributed by atoms with Gasteiger partial charge in [-0.25, -0.2) is 4.98 Å². The van der Waals surface area contributed by atoms with Crippen LogP contribution in [-0.4, -0.2) is 28.1 Å². The summed E-state index contributed by atoms with van der Waals surface area (Å²) in [6.45, 7) is 0.813. The number of halogens is 3. The van der Waals surface area contributed by atoms with Gasteiger partial charge in [0, 0.05) is 35.1 Å². The molecule has 0 fully saturated rings. The van der Waals surface area contributed by atoms with Crippen LogP contribution in [-0.2, 0) is 6.54 Å². The Kier molecular flexibility index (Phi) is 4.91. The van der Waals surface area contributed by atoms with Crippen LogP contribution in [0.1, 0.15) is 5.01 Å². The predicted octanol–water partition coefficient (Wildman–Crippen LogP) is 5.78. The maximum Gasteiger partial charge on any atom is 0.408 e. The van der Waals surface area contributed by atoms with Crippen LogP contribution in [0, 0.1) is 6.92 Å². The molecule has 150 valence electrons. The number of anilines is 2. The molecule has 0 saturated heterocycles. The highest BCUT2D eigenvalue weighted by molar-refractivity contribution is 7.15. The molecule has 0 saturated carbocycles. The van der Waals surface area contributed by atoms with E-state index in [0.717, 1.165) is 25.8 Å². The van der Waals surface area contributed by atoms with E-state index in [0.29, 0.717) is 22.3 Å². The molecule has 0 aliphatic heterocycles. The summed E-state index contributed by atoms with van der Waals surface area (Å²) in [5.41, 5.74) is 2.76. The fourth-order valence-corrected chi connectivity index (χ4v) is 3.88. The van der Waals surface area contributed by atoms with Crippen LogP contribution in [0.5, 0.6) is 5.75 Å². The van der Waals surface area contributed by atoms with Gasteiger partial charge in [-0.2, -0.15) is 18.3 Å².